The third kappa shape index (κ3) is 3.03. The van der Waals surface area contributed by atoms with E-state index in [-0.39, 0.29) is 17.7 Å². The number of ether oxygens (including phenoxy) is 1. The van der Waals surface area contributed by atoms with E-state index in [0.717, 1.165) is 0 Å². The van der Waals surface area contributed by atoms with Gasteiger partial charge in [0.05, 0.1) is 24.8 Å². The first kappa shape index (κ1) is 15.8. The van der Waals surface area contributed by atoms with Crippen molar-refractivity contribution in [1.29, 1.82) is 0 Å². The van der Waals surface area contributed by atoms with Gasteiger partial charge in [-0.2, -0.15) is 5.10 Å². The maximum Gasteiger partial charge on any atom is 0.306 e. The van der Waals surface area contributed by atoms with Gasteiger partial charge in [0.2, 0.25) is 0 Å². The van der Waals surface area contributed by atoms with Crippen LogP contribution in [-0.4, -0.2) is 33.0 Å². The maximum atomic E-state index is 12.3. The Labute approximate surface area is 127 Å². The number of rotatable bonds is 4. The Hall–Kier alpha value is -2.57. The molecule has 1 atom stereocenters. The van der Waals surface area contributed by atoms with Gasteiger partial charge in [0.25, 0.3) is 5.56 Å². The lowest BCUT2D eigenvalue weighted by Crippen LogP contribution is -2.21. The summed E-state index contributed by atoms with van der Waals surface area (Å²) in [4.78, 5) is 26.7. The van der Waals surface area contributed by atoms with E-state index in [0.29, 0.717) is 17.0 Å². The predicted octanol–water partition coefficient (Wildman–Crippen LogP) is 1.13. The molecule has 118 valence electrons. The van der Waals surface area contributed by atoms with E-state index >= 15 is 0 Å². The number of carbonyl (C=O) groups is 1. The monoisotopic (exact) mass is 305 g/mol. The van der Waals surface area contributed by atoms with Gasteiger partial charge in [0.15, 0.2) is 0 Å². The molecule has 2 rings (SSSR count). The number of carbonyl (C=O) groups excluding carboxylic acids is 1. The molecule has 0 fully saturated rings. The molecule has 0 saturated carbocycles. The van der Waals surface area contributed by atoms with Crippen molar-refractivity contribution in [3.63, 3.8) is 0 Å². The third-order valence-electron chi connectivity index (χ3n) is 3.56. The zero-order chi connectivity index (χ0) is 16.4. The van der Waals surface area contributed by atoms with Crippen molar-refractivity contribution in [1.82, 2.24) is 14.8 Å². The van der Waals surface area contributed by atoms with Crippen LogP contribution in [0.25, 0.3) is 0 Å². The van der Waals surface area contributed by atoms with Gasteiger partial charge < -0.3 is 14.8 Å². The SMILES string of the molecule is COC(=O)C[C@H](c1cn(C)nc1C)c1c(O)cc(C)[nH]c1=O. The molecule has 0 bridgehead atoms. The number of aromatic amines is 1. The molecule has 2 N–H and O–H groups in total. The van der Waals surface area contributed by atoms with Gasteiger partial charge in [0, 0.05) is 30.4 Å². The van der Waals surface area contributed by atoms with E-state index < -0.39 is 17.4 Å². The number of nitrogens with zero attached hydrogens (tertiary/aromatic N) is 2. The standard InChI is InChI=1S/C15H19N3O4/c1-8-5-12(19)14(15(21)16-8)10(6-13(20)22-4)11-7-18(3)17-9(11)2/h5,7,10H,6H2,1-4H3,(H2,16,19,21)/t10-/m1/s1. The number of H-pyrrole nitrogens is 1. The fourth-order valence-corrected chi connectivity index (χ4v) is 2.60. The largest absolute Gasteiger partial charge is 0.507 e. The summed E-state index contributed by atoms with van der Waals surface area (Å²) in [6, 6.07) is 1.46. The molecule has 0 amide bonds. The second-order valence-corrected chi connectivity index (χ2v) is 5.26. The van der Waals surface area contributed by atoms with E-state index in [2.05, 4.69) is 10.1 Å². The molecule has 0 unspecified atom stereocenters. The molecule has 7 heteroatoms. The number of methoxy groups -OCH3 is 1. The Morgan fingerprint density at radius 1 is 1.50 bits per heavy atom. The Kier molecular flexibility index (Phi) is 4.35. The first-order valence-electron chi connectivity index (χ1n) is 6.83. The molecular formula is C15H19N3O4. The molecule has 0 aliphatic heterocycles. The van der Waals surface area contributed by atoms with Crippen LogP contribution in [-0.2, 0) is 16.6 Å². The smallest absolute Gasteiger partial charge is 0.306 e. The van der Waals surface area contributed by atoms with Crippen molar-refractivity contribution in [2.24, 2.45) is 7.05 Å². The highest BCUT2D eigenvalue weighted by molar-refractivity contribution is 5.71. The van der Waals surface area contributed by atoms with E-state index in [1.54, 1.807) is 31.8 Å². The number of pyridine rings is 1. The molecule has 2 aromatic rings. The van der Waals surface area contributed by atoms with Crippen molar-refractivity contribution >= 4 is 5.97 Å². The lowest BCUT2D eigenvalue weighted by atomic mass is 9.89. The zero-order valence-electron chi connectivity index (χ0n) is 13.0. The number of hydrogen-bond donors (Lipinski definition) is 2. The topological polar surface area (TPSA) is 97.2 Å². The molecule has 0 saturated heterocycles. The average molecular weight is 305 g/mol. The minimum atomic E-state index is -0.620. The molecule has 0 aliphatic carbocycles. The van der Waals surface area contributed by atoms with Crippen LogP contribution in [0.1, 0.15) is 34.9 Å². The summed E-state index contributed by atoms with van der Waals surface area (Å²) in [5, 5.41) is 14.4. The summed E-state index contributed by atoms with van der Waals surface area (Å²) in [6.07, 6.45) is 1.68. The Morgan fingerprint density at radius 2 is 2.18 bits per heavy atom. The first-order valence-corrected chi connectivity index (χ1v) is 6.83. The normalized spacial score (nSPS) is 12.2. The Bertz CT molecular complexity index is 761. The van der Waals surface area contributed by atoms with Gasteiger partial charge in [-0.3, -0.25) is 14.3 Å². The second-order valence-electron chi connectivity index (χ2n) is 5.26. The van der Waals surface area contributed by atoms with Crippen LogP contribution in [0.15, 0.2) is 17.1 Å². The number of nitrogens with one attached hydrogen (secondary N) is 1. The highest BCUT2D eigenvalue weighted by Crippen LogP contribution is 2.33. The summed E-state index contributed by atoms with van der Waals surface area (Å²) < 4.78 is 6.32. The summed E-state index contributed by atoms with van der Waals surface area (Å²) in [5.74, 6) is -1.23. The van der Waals surface area contributed by atoms with Crippen molar-refractivity contribution in [3.05, 3.63) is 45.1 Å². The zero-order valence-corrected chi connectivity index (χ0v) is 13.0. The van der Waals surface area contributed by atoms with Gasteiger partial charge in [-0.15, -0.1) is 0 Å². The van der Waals surface area contributed by atoms with Crippen LogP contribution >= 0.6 is 0 Å². The number of aromatic hydroxyl groups is 1. The predicted molar refractivity (Wildman–Crippen MR) is 79.9 cm³/mol. The van der Waals surface area contributed by atoms with Crippen molar-refractivity contribution in [2.45, 2.75) is 26.2 Å². The second kappa shape index (κ2) is 6.05. The number of hydrogen-bond acceptors (Lipinski definition) is 5. The van der Waals surface area contributed by atoms with Crippen LogP contribution in [0.3, 0.4) is 0 Å². The number of esters is 1. The van der Waals surface area contributed by atoms with E-state index in [4.69, 9.17) is 4.74 Å². The molecule has 2 aromatic heterocycles. The Balaban J connectivity index is 2.62. The van der Waals surface area contributed by atoms with Crippen molar-refractivity contribution in [2.75, 3.05) is 7.11 Å². The molecule has 0 aromatic carbocycles. The van der Waals surface area contributed by atoms with E-state index in [1.807, 2.05) is 0 Å². The van der Waals surface area contributed by atoms with Crippen LogP contribution in [0.4, 0.5) is 0 Å². The molecule has 0 spiro atoms. The Morgan fingerprint density at radius 3 is 2.68 bits per heavy atom. The first-order chi connectivity index (χ1) is 10.3. The number of aryl methyl sites for hydroxylation is 3. The van der Waals surface area contributed by atoms with E-state index in [1.165, 1.54) is 13.2 Å². The fraction of sp³-hybridized carbons (Fsp3) is 0.400. The minimum Gasteiger partial charge on any atom is -0.507 e. The van der Waals surface area contributed by atoms with Crippen molar-refractivity contribution < 1.29 is 14.6 Å². The molecule has 0 radical (unpaired) electrons. The molecule has 22 heavy (non-hydrogen) atoms. The molecule has 2 heterocycles. The fourth-order valence-electron chi connectivity index (χ4n) is 2.60. The van der Waals surface area contributed by atoms with Gasteiger partial charge in [-0.05, 0) is 19.9 Å². The average Bonchev–Trinajstić information content (AvgIpc) is 2.75. The third-order valence-corrected chi connectivity index (χ3v) is 3.56. The lowest BCUT2D eigenvalue weighted by molar-refractivity contribution is -0.140. The highest BCUT2D eigenvalue weighted by Gasteiger charge is 2.27. The molecular weight excluding hydrogens is 286 g/mol. The van der Waals surface area contributed by atoms with Crippen LogP contribution in [0, 0.1) is 13.8 Å². The van der Waals surface area contributed by atoms with Crippen molar-refractivity contribution in [3.8, 4) is 5.75 Å². The molecule has 7 nitrogen and oxygen atoms in total. The van der Waals surface area contributed by atoms with Gasteiger partial charge in [0.1, 0.15) is 5.75 Å². The van der Waals surface area contributed by atoms with Crippen LogP contribution in [0.2, 0.25) is 0 Å². The van der Waals surface area contributed by atoms with Gasteiger partial charge >= 0.3 is 5.97 Å². The maximum absolute atomic E-state index is 12.3. The van der Waals surface area contributed by atoms with Gasteiger partial charge in [-0.1, -0.05) is 0 Å². The summed E-state index contributed by atoms with van der Waals surface area (Å²) in [5.41, 5.74) is 1.67. The van der Waals surface area contributed by atoms with Gasteiger partial charge in [-0.25, -0.2) is 0 Å². The highest BCUT2D eigenvalue weighted by atomic mass is 16.5. The number of aromatic nitrogens is 3. The van der Waals surface area contributed by atoms with Crippen LogP contribution < -0.4 is 5.56 Å². The lowest BCUT2D eigenvalue weighted by Gasteiger charge is -2.16. The summed E-state index contributed by atoms with van der Waals surface area (Å²) in [7, 11) is 3.04. The van der Waals surface area contributed by atoms with Crippen LogP contribution in [0.5, 0.6) is 5.75 Å². The summed E-state index contributed by atoms with van der Waals surface area (Å²) >= 11 is 0. The van der Waals surface area contributed by atoms with E-state index in [9.17, 15) is 14.7 Å². The quantitative estimate of drug-likeness (QED) is 0.825. The summed E-state index contributed by atoms with van der Waals surface area (Å²) in [6.45, 7) is 3.47. The minimum absolute atomic E-state index is 0.0528. The molecule has 0 aliphatic rings.